The van der Waals surface area contributed by atoms with Crippen molar-refractivity contribution in [2.75, 3.05) is 5.32 Å². The molecule has 20 heavy (non-hydrogen) atoms. The van der Waals surface area contributed by atoms with Crippen molar-refractivity contribution < 1.29 is 4.42 Å². The van der Waals surface area contributed by atoms with Gasteiger partial charge in [0.25, 0.3) is 0 Å². The molecule has 0 aliphatic heterocycles. The monoisotopic (exact) mass is 261 g/mol. The molecule has 0 fully saturated rings. The molecule has 96 valence electrons. The van der Waals surface area contributed by atoms with E-state index in [0.29, 0.717) is 5.82 Å². The predicted octanol–water partition coefficient (Wildman–Crippen LogP) is 4.12. The number of para-hydroxylation sites is 2. The number of rotatable bonds is 2. The van der Waals surface area contributed by atoms with Crippen LogP contribution in [0.5, 0.6) is 0 Å². The Morgan fingerprint density at radius 3 is 2.55 bits per heavy atom. The number of aromatic nitrogens is 2. The molecule has 0 amide bonds. The van der Waals surface area contributed by atoms with Crippen molar-refractivity contribution in [2.45, 2.75) is 0 Å². The highest BCUT2D eigenvalue weighted by Crippen LogP contribution is 2.32. The van der Waals surface area contributed by atoms with Crippen molar-refractivity contribution in [2.24, 2.45) is 0 Å². The summed E-state index contributed by atoms with van der Waals surface area (Å²) in [4.78, 5) is 0. The van der Waals surface area contributed by atoms with E-state index in [1.165, 1.54) is 0 Å². The number of nitrogens with one attached hydrogen (secondary N) is 1. The lowest BCUT2D eigenvalue weighted by Gasteiger charge is -2.04. The zero-order valence-corrected chi connectivity index (χ0v) is 10.6. The van der Waals surface area contributed by atoms with E-state index in [-0.39, 0.29) is 0 Å². The minimum atomic E-state index is 0.630. The summed E-state index contributed by atoms with van der Waals surface area (Å²) in [6.07, 6.45) is 1.73. The molecule has 2 aromatic heterocycles. The van der Waals surface area contributed by atoms with E-state index in [1.807, 2.05) is 54.6 Å². The van der Waals surface area contributed by atoms with Gasteiger partial charge in [0.05, 0.1) is 11.6 Å². The number of fused-ring (bicyclic) bond motifs is 3. The first-order valence-electron chi connectivity index (χ1n) is 6.37. The minimum Gasteiger partial charge on any atom is -0.452 e. The molecule has 0 atom stereocenters. The van der Waals surface area contributed by atoms with Crippen LogP contribution in [0, 0.1) is 0 Å². The standard InChI is InChI=1S/C16H11N3O/c1-2-6-11(7-3-1)18-16-15-13(10-17-19-16)12-8-4-5-9-14(12)20-15/h1-10H,(H,18,19). The van der Waals surface area contributed by atoms with Crippen LogP contribution in [-0.4, -0.2) is 10.2 Å². The van der Waals surface area contributed by atoms with Crippen molar-refractivity contribution >= 4 is 33.4 Å². The van der Waals surface area contributed by atoms with Crippen LogP contribution in [0.3, 0.4) is 0 Å². The van der Waals surface area contributed by atoms with E-state index in [9.17, 15) is 0 Å². The summed E-state index contributed by atoms with van der Waals surface area (Å²) in [5, 5.41) is 13.5. The van der Waals surface area contributed by atoms with Gasteiger partial charge in [0.2, 0.25) is 0 Å². The summed E-state index contributed by atoms with van der Waals surface area (Å²) in [5.74, 6) is 0.630. The summed E-state index contributed by atoms with van der Waals surface area (Å²) >= 11 is 0. The SMILES string of the molecule is c1ccc(Nc2nncc3c2oc2ccccc23)cc1. The first kappa shape index (κ1) is 11.0. The Bertz CT molecular complexity index is 884. The van der Waals surface area contributed by atoms with Crippen molar-refractivity contribution in [3.05, 3.63) is 60.8 Å². The van der Waals surface area contributed by atoms with E-state index >= 15 is 0 Å². The maximum atomic E-state index is 5.89. The molecule has 0 spiro atoms. The molecule has 1 N–H and O–H groups in total. The van der Waals surface area contributed by atoms with E-state index < -0.39 is 0 Å². The molecule has 4 aromatic rings. The fraction of sp³-hybridized carbons (Fsp3) is 0. The summed E-state index contributed by atoms with van der Waals surface area (Å²) in [6.45, 7) is 0. The normalized spacial score (nSPS) is 11.0. The quantitative estimate of drug-likeness (QED) is 0.589. The Hall–Kier alpha value is -2.88. The maximum absolute atomic E-state index is 5.89. The zero-order valence-electron chi connectivity index (χ0n) is 10.6. The summed E-state index contributed by atoms with van der Waals surface area (Å²) in [6, 6.07) is 17.8. The highest BCUT2D eigenvalue weighted by atomic mass is 16.3. The lowest BCUT2D eigenvalue weighted by Crippen LogP contribution is -1.95. The minimum absolute atomic E-state index is 0.630. The van der Waals surface area contributed by atoms with Gasteiger partial charge in [0.1, 0.15) is 5.58 Å². The molecule has 2 aromatic carbocycles. The second-order valence-corrected chi connectivity index (χ2v) is 4.53. The van der Waals surface area contributed by atoms with Crippen molar-refractivity contribution in [3.8, 4) is 0 Å². The van der Waals surface area contributed by atoms with Crippen LogP contribution in [0.25, 0.3) is 21.9 Å². The van der Waals surface area contributed by atoms with Crippen LogP contribution < -0.4 is 5.32 Å². The van der Waals surface area contributed by atoms with Crippen molar-refractivity contribution in [3.63, 3.8) is 0 Å². The molecule has 0 radical (unpaired) electrons. The van der Waals surface area contributed by atoms with Crippen LogP contribution >= 0.6 is 0 Å². The molecule has 0 saturated carbocycles. The van der Waals surface area contributed by atoms with E-state index in [2.05, 4.69) is 15.5 Å². The van der Waals surface area contributed by atoms with Gasteiger partial charge in [0.15, 0.2) is 11.4 Å². The smallest absolute Gasteiger partial charge is 0.196 e. The Labute approximate surface area is 115 Å². The van der Waals surface area contributed by atoms with Gasteiger partial charge in [-0.1, -0.05) is 36.4 Å². The summed E-state index contributed by atoms with van der Waals surface area (Å²) in [7, 11) is 0. The lowest BCUT2D eigenvalue weighted by molar-refractivity contribution is 0.667. The molecule has 0 unspecified atom stereocenters. The molecule has 4 rings (SSSR count). The van der Waals surface area contributed by atoms with Gasteiger partial charge in [-0.05, 0) is 18.2 Å². The van der Waals surface area contributed by atoms with Crippen molar-refractivity contribution in [1.29, 1.82) is 0 Å². The van der Waals surface area contributed by atoms with E-state index in [1.54, 1.807) is 6.20 Å². The molecule has 4 heteroatoms. The van der Waals surface area contributed by atoms with Gasteiger partial charge in [0, 0.05) is 11.1 Å². The predicted molar refractivity (Wildman–Crippen MR) is 79.0 cm³/mol. The molecule has 0 saturated heterocycles. The molecule has 0 aliphatic carbocycles. The Morgan fingerprint density at radius 2 is 1.65 bits per heavy atom. The number of benzene rings is 2. The van der Waals surface area contributed by atoms with Crippen LogP contribution in [0.15, 0.2) is 65.2 Å². The van der Waals surface area contributed by atoms with Crippen LogP contribution in [0.1, 0.15) is 0 Å². The van der Waals surface area contributed by atoms with Crippen LogP contribution in [-0.2, 0) is 0 Å². The number of hydrogen-bond donors (Lipinski definition) is 1. The Kier molecular flexibility index (Phi) is 2.39. The second-order valence-electron chi connectivity index (χ2n) is 4.53. The Balaban J connectivity index is 1.91. The maximum Gasteiger partial charge on any atom is 0.196 e. The fourth-order valence-corrected chi connectivity index (χ4v) is 2.30. The largest absolute Gasteiger partial charge is 0.452 e. The first-order chi connectivity index (χ1) is 9.92. The Morgan fingerprint density at radius 1 is 0.850 bits per heavy atom. The molecule has 0 bridgehead atoms. The lowest BCUT2D eigenvalue weighted by atomic mass is 10.2. The third kappa shape index (κ3) is 1.70. The number of furan rings is 1. The number of hydrogen-bond acceptors (Lipinski definition) is 4. The van der Waals surface area contributed by atoms with Gasteiger partial charge in [-0.2, -0.15) is 5.10 Å². The summed E-state index contributed by atoms with van der Waals surface area (Å²) in [5.41, 5.74) is 2.52. The first-order valence-corrected chi connectivity index (χ1v) is 6.37. The highest BCUT2D eigenvalue weighted by Gasteiger charge is 2.12. The van der Waals surface area contributed by atoms with Crippen LogP contribution in [0.4, 0.5) is 11.5 Å². The van der Waals surface area contributed by atoms with Gasteiger partial charge in [-0.25, -0.2) is 0 Å². The van der Waals surface area contributed by atoms with E-state index in [0.717, 1.165) is 27.6 Å². The third-order valence-corrected chi connectivity index (χ3v) is 3.23. The van der Waals surface area contributed by atoms with Crippen LogP contribution in [0.2, 0.25) is 0 Å². The third-order valence-electron chi connectivity index (χ3n) is 3.23. The molecule has 0 aliphatic rings. The average Bonchev–Trinajstić information content (AvgIpc) is 2.88. The zero-order chi connectivity index (χ0) is 13.4. The number of anilines is 2. The molecule has 4 nitrogen and oxygen atoms in total. The molecule has 2 heterocycles. The van der Waals surface area contributed by atoms with E-state index in [4.69, 9.17) is 4.42 Å². The molecular formula is C16H11N3O. The van der Waals surface area contributed by atoms with Gasteiger partial charge in [-0.15, -0.1) is 5.10 Å². The van der Waals surface area contributed by atoms with Gasteiger partial charge < -0.3 is 9.73 Å². The average molecular weight is 261 g/mol. The number of nitrogens with zero attached hydrogens (tertiary/aromatic N) is 2. The summed E-state index contributed by atoms with van der Waals surface area (Å²) < 4.78 is 5.89. The topological polar surface area (TPSA) is 51.0 Å². The van der Waals surface area contributed by atoms with Gasteiger partial charge in [-0.3, -0.25) is 0 Å². The fourth-order valence-electron chi connectivity index (χ4n) is 2.30. The van der Waals surface area contributed by atoms with Crippen molar-refractivity contribution in [1.82, 2.24) is 10.2 Å². The van der Waals surface area contributed by atoms with Gasteiger partial charge >= 0.3 is 0 Å². The highest BCUT2D eigenvalue weighted by molar-refractivity contribution is 6.07. The molecular weight excluding hydrogens is 250 g/mol. The second kappa shape index (κ2) is 4.35.